The lowest BCUT2D eigenvalue weighted by atomic mass is 9.87. The zero-order chi connectivity index (χ0) is 14.5. The molecule has 1 aromatic carbocycles. The summed E-state index contributed by atoms with van der Waals surface area (Å²) in [7, 11) is 0. The van der Waals surface area contributed by atoms with Crippen LogP contribution in [-0.4, -0.2) is 25.3 Å². The van der Waals surface area contributed by atoms with Crippen LogP contribution >= 0.6 is 11.6 Å². The van der Waals surface area contributed by atoms with Gasteiger partial charge in [0, 0.05) is 23.6 Å². The highest BCUT2D eigenvalue weighted by atomic mass is 35.5. The number of halogens is 2. The fraction of sp³-hybridized carbons (Fsp3) is 0.625. The molecule has 0 radical (unpaired) electrons. The summed E-state index contributed by atoms with van der Waals surface area (Å²) in [5.41, 5.74) is 0.685. The number of likely N-dealkylation sites (N-methyl/N-ethyl adjacent to an activating group) is 1. The maximum absolute atomic E-state index is 13.9. The molecule has 112 valence electrons. The maximum atomic E-state index is 13.9. The van der Waals surface area contributed by atoms with Gasteiger partial charge in [-0.3, -0.25) is 0 Å². The molecule has 2 nitrogen and oxygen atoms in total. The van der Waals surface area contributed by atoms with E-state index >= 15 is 0 Å². The minimum atomic E-state index is -0.177. The second kappa shape index (κ2) is 7.39. The van der Waals surface area contributed by atoms with Crippen LogP contribution in [0.3, 0.4) is 0 Å². The van der Waals surface area contributed by atoms with Crippen molar-refractivity contribution in [2.75, 3.05) is 13.2 Å². The van der Waals surface area contributed by atoms with Gasteiger partial charge in [0.25, 0.3) is 0 Å². The van der Waals surface area contributed by atoms with Gasteiger partial charge in [0.05, 0.1) is 6.10 Å². The number of hydrogen-bond acceptors (Lipinski definition) is 2. The van der Waals surface area contributed by atoms with Gasteiger partial charge < -0.3 is 10.1 Å². The Labute approximate surface area is 125 Å². The van der Waals surface area contributed by atoms with Crippen molar-refractivity contribution in [2.45, 2.75) is 45.3 Å². The molecule has 0 spiro atoms. The predicted molar refractivity (Wildman–Crippen MR) is 80.7 cm³/mol. The van der Waals surface area contributed by atoms with Crippen molar-refractivity contribution in [1.82, 2.24) is 5.32 Å². The Balaban J connectivity index is 2.14. The lowest BCUT2D eigenvalue weighted by Gasteiger charge is -2.28. The Hall–Kier alpha value is -0.640. The van der Waals surface area contributed by atoms with Crippen LogP contribution in [0, 0.1) is 11.7 Å². The van der Waals surface area contributed by atoms with E-state index in [4.69, 9.17) is 16.3 Å². The normalized spacial score (nSPS) is 24.0. The third kappa shape index (κ3) is 3.72. The van der Waals surface area contributed by atoms with Crippen LogP contribution < -0.4 is 5.32 Å². The number of hydrogen-bond donors (Lipinski definition) is 1. The Morgan fingerprint density at radius 3 is 2.95 bits per heavy atom. The van der Waals surface area contributed by atoms with Crippen LogP contribution in [0.15, 0.2) is 18.2 Å². The molecule has 1 N–H and O–H groups in total. The average Bonchev–Trinajstić information content (AvgIpc) is 2.90. The minimum Gasteiger partial charge on any atom is -0.378 e. The first-order chi connectivity index (χ1) is 9.65. The van der Waals surface area contributed by atoms with Crippen molar-refractivity contribution >= 4 is 11.6 Å². The number of benzene rings is 1. The lowest BCUT2D eigenvalue weighted by molar-refractivity contribution is 0.0775. The molecule has 0 aliphatic carbocycles. The van der Waals surface area contributed by atoms with E-state index in [0.29, 0.717) is 22.9 Å². The molecule has 2 rings (SSSR count). The first kappa shape index (κ1) is 15.7. The van der Waals surface area contributed by atoms with Gasteiger partial charge >= 0.3 is 0 Å². The first-order valence-electron chi connectivity index (χ1n) is 7.44. The summed E-state index contributed by atoms with van der Waals surface area (Å²) in [5, 5.41) is 4.08. The average molecular weight is 300 g/mol. The molecule has 3 unspecified atom stereocenters. The number of nitrogens with one attached hydrogen (secondary N) is 1. The largest absolute Gasteiger partial charge is 0.378 e. The van der Waals surface area contributed by atoms with Crippen molar-refractivity contribution in [3.63, 3.8) is 0 Å². The minimum absolute atomic E-state index is 0.177. The van der Waals surface area contributed by atoms with E-state index in [-0.39, 0.29) is 18.0 Å². The van der Waals surface area contributed by atoms with E-state index in [1.54, 1.807) is 12.1 Å². The monoisotopic (exact) mass is 299 g/mol. The molecule has 20 heavy (non-hydrogen) atoms. The first-order valence-corrected chi connectivity index (χ1v) is 7.82. The molecule has 0 amide bonds. The summed E-state index contributed by atoms with van der Waals surface area (Å²) in [4.78, 5) is 0. The number of rotatable bonds is 6. The third-order valence-corrected chi connectivity index (χ3v) is 4.33. The van der Waals surface area contributed by atoms with Crippen molar-refractivity contribution in [1.29, 1.82) is 0 Å². The summed E-state index contributed by atoms with van der Waals surface area (Å²) in [5.74, 6) is 0.266. The van der Waals surface area contributed by atoms with Gasteiger partial charge in [-0.05, 0) is 49.6 Å². The van der Waals surface area contributed by atoms with E-state index < -0.39 is 0 Å². The fourth-order valence-corrected chi connectivity index (χ4v) is 3.31. The molecule has 1 heterocycles. The highest BCUT2D eigenvalue weighted by Crippen LogP contribution is 2.29. The summed E-state index contributed by atoms with van der Waals surface area (Å²) in [6.45, 7) is 5.91. The lowest BCUT2D eigenvalue weighted by Crippen LogP contribution is -2.41. The van der Waals surface area contributed by atoms with Crippen LogP contribution in [0.4, 0.5) is 4.39 Å². The van der Waals surface area contributed by atoms with Gasteiger partial charge in [-0.25, -0.2) is 4.39 Å². The van der Waals surface area contributed by atoms with Crippen LogP contribution in [0.5, 0.6) is 0 Å². The van der Waals surface area contributed by atoms with Gasteiger partial charge in [0.15, 0.2) is 0 Å². The molecular weight excluding hydrogens is 277 g/mol. The van der Waals surface area contributed by atoms with E-state index in [0.717, 1.165) is 26.0 Å². The van der Waals surface area contributed by atoms with Gasteiger partial charge in [-0.15, -0.1) is 0 Å². The second-order valence-electron chi connectivity index (χ2n) is 5.37. The predicted octanol–water partition coefficient (Wildman–Crippen LogP) is 3.81. The highest BCUT2D eigenvalue weighted by molar-refractivity contribution is 6.30. The standard InChI is InChI=1S/C16H23ClFNO/c1-3-16-13(7-8-20-16)15(19-4-2)10-11-9-12(17)5-6-14(11)18/h5-6,9,13,15-16,19H,3-4,7-8,10H2,1-2H3. The molecule has 1 aromatic rings. The van der Waals surface area contributed by atoms with Crippen LogP contribution in [-0.2, 0) is 11.2 Å². The molecule has 1 fully saturated rings. The van der Waals surface area contributed by atoms with Crippen molar-refractivity contribution in [3.05, 3.63) is 34.6 Å². The molecule has 0 bridgehead atoms. The van der Waals surface area contributed by atoms with Crippen LogP contribution in [0.1, 0.15) is 32.3 Å². The zero-order valence-corrected chi connectivity index (χ0v) is 12.9. The smallest absolute Gasteiger partial charge is 0.126 e. The molecule has 4 heteroatoms. The van der Waals surface area contributed by atoms with Gasteiger partial charge in [-0.1, -0.05) is 25.4 Å². The van der Waals surface area contributed by atoms with E-state index in [1.165, 1.54) is 6.07 Å². The van der Waals surface area contributed by atoms with Crippen LogP contribution in [0.25, 0.3) is 0 Å². The fourth-order valence-electron chi connectivity index (χ4n) is 3.12. The van der Waals surface area contributed by atoms with E-state index in [1.807, 2.05) is 0 Å². The summed E-state index contributed by atoms with van der Waals surface area (Å²) < 4.78 is 19.7. The SMILES string of the molecule is CCNC(Cc1cc(Cl)ccc1F)C1CCOC1CC. The molecular formula is C16H23ClFNO. The molecule has 1 saturated heterocycles. The Morgan fingerprint density at radius 2 is 2.25 bits per heavy atom. The second-order valence-corrected chi connectivity index (χ2v) is 5.81. The third-order valence-electron chi connectivity index (χ3n) is 4.09. The van der Waals surface area contributed by atoms with Crippen LogP contribution in [0.2, 0.25) is 5.02 Å². The zero-order valence-electron chi connectivity index (χ0n) is 12.2. The quantitative estimate of drug-likeness (QED) is 0.862. The van der Waals surface area contributed by atoms with Gasteiger partial charge in [-0.2, -0.15) is 0 Å². The Kier molecular flexibility index (Phi) is 5.82. The van der Waals surface area contributed by atoms with Crippen molar-refractivity contribution < 1.29 is 9.13 Å². The maximum Gasteiger partial charge on any atom is 0.126 e. The summed E-state index contributed by atoms with van der Waals surface area (Å²) in [6.07, 6.45) is 2.98. The summed E-state index contributed by atoms with van der Waals surface area (Å²) in [6, 6.07) is 5.01. The molecule has 1 aliphatic heterocycles. The Morgan fingerprint density at radius 1 is 1.45 bits per heavy atom. The Bertz CT molecular complexity index is 440. The molecule has 1 aliphatic rings. The molecule has 0 saturated carbocycles. The van der Waals surface area contributed by atoms with E-state index in [9.17, 15) is 4.39 Å². The van der Waals surface area contributed by atoms with E-state index in [2.05, 4.69) is 19.2 Å². The molecule has 3 atom stereocenters. The number of ether oxygens (including phenoxy) is 1. The topological polar surface area (TPSA) is 21.3 Å². The van der Waals surface area contributed by atoms with Gasteiger partial charge in [0.2, 0.25) is 0 Å². The van der Waals surface area contributed by atoms with Gasteiger partial charge in [0.1, 0.15) is 5.82 Å². The van der Waals surface area contributed by atoms with Crippen molar-refractivity contribution in [2.24, 2.45) is 5.92 Å². The molecule has 0 aromatic heterocycles. The highest BCUT2D eigenvalue weighted by Gasteiger charge is 2.33. The summed E-state index contributed by atoms with van der Waals surface area (Å²) >= 11 is 5.98. The van der Waals surface area contributed by atoms with Crippen molar-refractivity contribution in [3.8, 4) is 0 Å².